The van der Waals surface area contributed by atoms with Crippen LogP contribution in [0.2, 0.25) is 0 Å². The van der Waals surface area contributed by atoms with E-state index < -0.39 is 11.6 Å². The molecule has 2 aliphatic rings. The van der Waals surface area contributed by atoms with Crippen LogP contribution in [-0.2, 0) is 14.3 Å². The summed E-state index contributed by atoms with van der Waals surface area (Å²) in [6, 6.07) is 1.92. The van der Waals surface area contributed by atoms with Crippen molar-refractivity contribution in [2.75, 3.05) is 25.1 Å². The highest BCUT2D eigenvalue weighted by atomic mass is 32.1. The molecule has 0 bridgehead atoms. The summed E-state index contributed by atoms with van der Waals surface area (Å²) in [4.78, 5) is 44.6. The number of esters is 1. The summed E-state index contributed by atoms with van der Waals surface area (Å²) in [6.07, 6.45) is 10.3. The van der Waals surface area contributed by atoms with Crippen LogP contribution in [0.5, 0.6) is 0 Å². The smallest absolute Gasteiger partial charge is 0.410 e. The molecule has 2 heterocycles. The largest absolute Gasteiger partial charge is 0.465 e. The zero-order chi connectivity index (χ0) is 27.2. The quantitative estimate of drug-likeness (QED) is 0.335. The Balaban J connectivity index is 1.94. The van der Waals surface area contributed by atoms with Gasteiger partial charge in [-0.25, -0.2) is 9.59 Å². The lowest BCUT2D eigenvalue weighted by Gasteiger charge is -2.39. The van der Waals surface area contributed by atoms with Gasteiger partial charge < -0.3 is 19.3 Å². The zero-order valence-electron chi connectivity index (χ0n) is 23.4. The predicted octanol–water partition coefficient (Wildman–Crippen LogP) is 7.05. The Morgan fingerprint density at radius 1 is 1.19 bits per heavy atom. The highest BCUT2D eigenvalue weighted by molar-refractivity contribution is 7.15. The Labute approximate surface area is 226 Å². The van der Waals surface area contributed by atoms with Crippen LogP contribution in [0.1, 0.15) is 107 Å². The van der Waals surface area contributed by atoms with E-state index in [4.69, 9.17) is 9.47 Å². The number of nitrogens with zero attached hydrogens (tertiary/aromatic N) is 2. The number of carbonyl (C=O) groups excluding carboxylic acids is 3. The van der Waals surface area contributed by atoms with Crippen LogP contribution in [0.25, 0.3) is 5.57 Å². The van der Waals surface area contributed by atoms with Crippen molar-refractivity contribution in [1.29, 1.82) is 0 Å². The van der Waals surface area contributed by atoms with E-state index in [1.807, 2.05) is 38.7 Å². The summed E-state index contributed by atoms with van der Waals surface area (Å²) in [5.41, 5.74) is 1.35. The number of anilines is 1. The van der Waals surface area contributed by atoms with Crippen LogP contribution in [0.15, 0.2) is 12.1 Å². The van der Waals surface area contributed by atoms with Crippen molar-refractivity contribution in [3.05, 3.63) is 21.9 Å². The Morgan fingerprint density at radius 3 is 2.46 bits per heavy atom. The molecule has 1 atom stereocenters. The maximum atomic E-state index is 14.0. The SMILES string of the molecule is CCCCC(C)C(=O)N(c1cc(C2=CCCCC2)sc1C(=O)OC)C1CCN(C(=O)OC(C)(C)C)CC1. The molecule has 7 nitrogen and oxygen atoms in total. The third kappa shape index (κ3) is 7.59. The van der Waals surface area contributed by atoms with E-state index in [9.17, 15) is 14.4 Å². The molecule has 1 aromatic rings. The van der Waals surface area contributed by atoms with Gasteiger partial charge in [0.05, 0.1) is 12.8 Å². The van der Waals surface area contributed by atoms with Crippen LogP contribution in [0.3, 0.4) is 0 Å². The standard InChI is InChI=1S/C29H44N2O5S/c1-7-8-12-20(2)26(32)31(22-15-17-30(18-16-22)28(34)36-29(3,4)5)23-19-24(21-13-10-9-11-14-21)37-25(23)27(33)35-6/h13,19-20,22H,7-12,14-18H2,1-6H3. The van der Waals surface area contributed by atoms with Crippen LogP contribution < -0.4 is 4.90 Å². The molecule has 0 N–H and O–H groups in total. The van der Waals surface area contributed by atoms with Gasteiger partial charge in [-0.2, -0.15) is 0 Å². The number of carbonyl (C=O) groups is 3. The molecule has 1 aliphatic carbocycles. The zero-order valence-corrected chi connectivity index (χ0v) is 24.2. The molecule has 8 heteroatoms. The molecule has 1 unspecified atom stereocenters. The number of likely N-dealkylation sites (tertiary alicyclic amines) is 1. The van der Waals surface area contributed by atoms with E-state index in [0.717, 1.165) is 43.4 Å². The Morgan fingerprint density at radius 2 is 1.89 bits per heavy atom. The lowest BCUT2D eigenvalue weighted by molar-refractivity contribution is -0.122. The topological polar surface area (TPSA) is 76.2 Å². The number of methoxy groups -OCH3 is 1. The first-order valence-corrected chi connectivity index (χ1v) is 14.6. The molecule has 1 fully saturated rings. The molecule has 0 radical (unpaired) electrons. The summed E-state index contributed by atoms with van der Waals surface area (Å²) in [6.45, 7) is 10.7. The molecule has 2 amide bonds. The molecule has 1 aromatic heterocycles. The summed E-state index contributed by atoms with van der Waals surface area (Å²) in [5, 5.41) is 0. The van der Waals surface area contributed by atoms with E-state index in [1.54, 1.807) is 4.90 Å². The highest BCUT2D eigenvalue weighted by Crippen LogP contribution is 2.40. The van der Waals surface area contributed by atoms with E-state index in [2.05, 4.69) is 13.0 Å². The normalized spacial score (nSPS) is 17.7. The third-order valence-corrected chi connectivity index (χ3v) is 8.26. The Hall–Kier alpha value is -2.35. The maximum absolute atomic E-state index is 14.0. The number of thiophene rings is 1. The second kappa shape index (κ2) is 12.9. The summed E-state index contributed by atoms with van der Waals surface area (Å²) in [7, 11) is 1.39. The van der Waals surface area contributed by atoms with E-state index in [-0.39, 0.29) is 24.0 Å². The molecular weight excluding hydrogens is 488 g/mol. The van der Waals surface area contributed by atoms with Crippen molar-refractivity contribution < 1.29 is 23.9 Å². The van der Waals surface area contributed by atoms with Crippen molar-refractivity contribution >= 4 is 40.6 Å². The molecule has 1 aliphatic heterocycles. The van der Waals surface area contributed by atoms with Crippen LogP contribution in [0, 0.1) is 5.92 Å². The van der Waals surface area contributed by atoms with Gasteiger partial charge in [-0.15, -0.1) is 11.3 Å². The first-order valence-electron chi connectivity index (χ1n) is 13.8. The van der Waals surface area contributed by atoms with Crippen molar-refractivity contribution in [2.24, 2.45) is 5.92 Å². The summed E-state index contributed by atoms with van der Waals surface area (Å²) < 4.78 is 10.7. The number of piperidine rings is 1. The molecular formula is C29H44N2O5S. The lowest BCUT2D eigenvalue weighted by Crippen LogP contribution is -2.51. The fourth-order valence-electron chi connectivity index (χ4n) is 5.02. The number of allylic oxidation sites excluding steroid dienone is 2. The molecule has 0 aromatic carbocycles. The summed E-state index contributed by atoms with van der Waals surface area (Å²) in [5.74, 6) is -0.532. The van der Waals surface area contributed by atoms with Crippen LogP contribution >= 0.6 is 11.3 Å². The minimum atomic E-state index is -0.555. The number of rotatable bonds is 8. The van der Waals surface area contributed by atoms with Crippen molar-refractivity contribution in [1.82, 2.24) is 4.90 Å². The van der Waals surface area contributed by atoms with Gasteiger partial charge in [0.15, 0.2) is 0 Å². The molecule has 3 rings (SSSR count). The number of amides is 2. The van der Waals surface area contributed by atoms with Crippen LogP contribution in [0.4, 0.5) is 10.5 Å². The molecule has 1 saturated heterocycles. The average Bonchev–Trinajstić information content (AvgIpc) is 3.31. The van der Waals surface area contributed by atoms with Crippen molar-refractivity contribution in [3.8, 4) is 0 Å². The number of unbranched alkanes of at least 4 members (excludes halogenated alkanes) is 1. The van der Waals surface area contributed by atoms with Gasteiger partial charge in [0, 0.05) is 29.9 Å². The Bertz CT molecular complexity index is 985. The van der Waals surface area contributed by atoms with E-state index >= 15 is 0 Å². The first-order chi connectivity index (χ1) is 17.6. The number of hydrogen-bond donors (Lipinski definition) is 0. The fraction of sp³-hybridized carbons (Fsp3) is 0.690. The molecule has 206 valence electrons. The van der Waals surface area contributed by atoms with Gasteiger partial charge in [-0.1, -0.05) is 32.8 Å². The number of hydrogen-bond acceptors (Lipinski definition) is 6. The van der Waals surface area contributed by atoms with Gasteiger partial charge >= 0.3 is 12.1 Å². The van der Waals surface area contributed by atoms with Gasteiger partial charge in [-0.05, 0) is 77.4 Å². The van der Waals surface area contributed by atoms with Gasteiger partial charge in [0.2, 0.25) is 5.91 Å². The molecule has 0 spiro atoms. The monoisotopic (exact) mass is 532 g/mol. The van der Waals surface area contributed by atoms with Crippen molar-refractivity contribution in [3.63, 3.8) is 0 Å². The summed E-state index contributed by atoms with van der Waals surface area (Å²) >= 11 is 1.43. The van der Waals surface area contributed by atoms with E-state index in [1.165, 1.54) is 30.4 Å². The third-order valence-electron chi connectivity index (χ3n) is 7.08. The van der Waals surface area contributed by atoms with Gasteiger partial charge in [-0.3, -0.25) is 4.79 Å². The van der Waals surface area contributed by atoms with Gasteiger partial charge in [0.1, 0.15) is 10.5 Å². The minimum absolute atomic E-state index is 0.0382. The van der Waals surface area contributed by atoms with Crippen molar-refractivity contribution in [2.45, 2.75) is 104 Å². The fourth-order valence-corrected chi connectivity index (χ4v) is 6.15. The maximum Gasteiger partial charge on any atom is 0.410 e. The second-order valence-corrected chi connectivity index (χ2v) is 12.3. The lowest BCUT2D eigenvalue weighted by atomic mass is 9.96. The minimum Gasteiger partial charge on any atom is -0.465 e. The van der Waals surface area contributed by atoms with Gasteiger partial charge in [0.25, 0.3) is 0 Å². The van der Waals surface area contributed by atoms with E-state index in [0.29, 0.717) is 36.5 Å². The van der Waals surface area contributed by atoms with Crippen LogP contribution in [-0.4, -0.2) is 54.7 Å². The molecule has 37 heavy (non-hydrogen) atoms. The molecule has 0 saturated carbocycles. The first kappa shape index (κ1) is 29.2. The second-order valence-electron chi connectivity index (χ2n) is 11.2. The highest BCUT2D eigenvalue weighted by Gasteiger charge is 2.37. The average molecular weight is 533 g/mol. The Kier molecular flexibility index (Phi) is 10.2. The number of ether oxygens (including phenoxy) is 2. The predicted molar refractivity (Wildman–Crippen MR) is 149 cm³/mol.